The molecule has 2 aromatic heterocycles. The summed E-state index contributed by atoms with van der Waals surface area (Å²) in [6.45, 7) is 7.59. The molecule has 1 saturated heterocycles. The summed E-state index contributed by atoms with van der Waals surface area (Å²) in [5.74, 6) is 0.634. The lowest BCUT2D eigenvalue weighted by atomic mass is 10.00. The topological polar surface area (TPSA) is 80.0 Å². The molecule has 0 unspecified atom stereocenters. The smallest absolute Gasteiger partial charge is 0.181 e. The fourth-order valence-electron chi connectivity index (χ4n) is 3.74. The molecule has 5 rings (SSSR count). The van der Waals surface area contributed by atoms with E-state index in [1.165, 1.54) is 11.3 Å². The van der Waals surface area contributed by atoms with E-state index in [2.05, 4.69) is 62.1 Å². The van der Waals surface area contributed by atoms with Crippen molar-refractivity contribution in [2.45, 2.75) is 0 Å². The molecule has 0 amide bonds. The average Bonchev–Trinajstić information content (AvgIpc) is 3.13. The molecular weight excluding hydrogens is 368 g/mol. The van der Waals surface area contributed by atoms with Gasteiger partial charge >= 0.3 is 0 Å². The van der Waals surface area contributed by atoms with Crippen LogP contribution in [0.1, 0.15) is 5.82 Å². The van der Waals surface area contributed by atoms with Crippen LogP contribution in [0.5, 0.6) is 0 Å². The van der Waals surface area contributed by atoms with Crippen molar-refractivity contribution in [1.29, 1.82) is 0 Å². The molecule has 6 nitrogen and oxygen atoms in total. The first-order valence-corrected chi connectivity index (χ1v) is 10.1. The van der Waals surface area contributed by atoms with Crippen molar-refractivity contribution >= 4 is 49.4 Å². The highest BCUT2D eigenvalue weighted by atomic mass is 32.1. The third-order valence-corrected chi connectivity index (χ3v) is 5.93. The van der Waals surface area contributed by atoms with Crippen LogP contribution in [0.3, 0.4) is 0 Å². The number of aromatic nitrogens is 3. The molecule has 0 bridgehead atoms. The van der Waals surface area contributed by atoms with Crippen molar-refractivity contribution in [3.8, 4) is 11.1 Å². The molecule has 0 spiro atoms. The number of nitrogen functional groups attached to an aromatic ring is 1. The maximum absolute atomic E-state index is 6.03. The maximum atomic E-state index is 6.03. The molecular formula is C21H20N6S. The molecule has 140 valence electrons. The minimum absolute atomic E-state index is 0.602. The number of nitrogens with zero attached hydrogens (tertiary/aromatic N) is 4. The number of piperazine rings is 1. The fraction of sp³-hybridized carbons (Fsp3) is 0.190. The van der Waals surface area contributed by atoms with Crippen molar-refractivity contribution in [3.05, 3.63) is 48.9 Å². The van der Waals surface area contributed by atoms with Crippen LogP contribution in [0.15, 0.2) is 43.1 Å². The van der Waals surface area contributed by atoms with Crippen LogP contribution >= 0.6 is 11.3 Å². The number of thiazole rings is 1. The summed E-state index contributed by atoms with van der Waals surface area (Å²) in [4.78, 5) is 16.0. The molecule has 3 heterocycles. The van der Waals surface area contributed by atoms with Gasteiger partial charge < -0.3 is 16.0 Å². The highest BCUT2D eigenvalue weighted by Crippen LogP contribution is 2.40. The Balaban J connectivity index is 1.73. The molecule has 0 saturated carbocycles. The Hall–Kier alpha value is -3.03. The molecule has 0 atom stereocenters. The van der Waals surface area contributed by atoms with Gasteiger partial charge in [-0.3, -0.25) is 0 Å². The first kappa shape index (κ1) is 17.1. The van der Waals surface area contributed by atoms with Crippen molar-refractivity contribution in [3.63, 3.8) is 0 Å². The molecule has 0 aliphatic carbocycles. The Bertz CT molecular complexity index is 1190. The van der Waals surface area contributed by atoms with Gasteiger partial charge in [-0.25, -0.2) is 15.0 Å². The Morgan fingerprint density at radius 1 is 1.14 bits per heavy atom. The van der Waals surface area contributed by atoms with Crippen LogP contribution < -0.4 is 16.0 Å². The van der Waals surface area contributed by atoms with Crippen LogP contribution in [0.25, 0.3) is 38.3 Å². The summed E-state index contributed by atoms with van der Waals surface area (Å²) in [6, 6.07) is 10.6. The van der Waals surface area contributed by atoms with Crippen LogP contribution in [-0.2, 0) is 0 Å². The summed E-state index contributed by atoms with van der Waals surface area (Å²) >= 11 is 1.53. The summed E-state index contributed by atoms with van der Waals surface area (Å²) in [6.07, 6.45) is 3.51. The van der Waals surface area contributed by atoms with E-state index in [4.69, 9.17) is 5.73 Å². The van der Waals surface area contributed by atoms with Crippen LogP contribution in [0.4, 0.5) is 10.8 Å². The minimum atomic E-state index is 0.602. The van der Waals surface area contributed by atoms with Crippen molar-refractivity contribution in [1.82, 2.24) is 20.3 Å². The van der Waals surface area contributed by atoms with E-state index in [0.29, 0.717) is 11.0 Å². The van der Waals surface area contributed by atoms with E-state index in [9.17, 15) is 0 Å². The average molecular weight is 389 g/mol. The van der Waals surface area contributed by atoms with Gasteiger partial charge in [0.2, 0.25) is 0 Å². The summed E-state index contributed by atoms with van der Waals surface area (Å²) in [7, 11) is 0. The quantitative estimate of drug-likeness (QED) is 0.559. The van der Waals surface area contributed by atoms with Gasteiger partial charge in [-0.1, -0.05) is 36.1 Å². The highest BCUT2D eigenvalue weighted by molar-refractivity contribution is 7.22. The standard InChI is InChI=1S/C21H20N6S/c1-2-18-24-12-14-4-3-13(11-16(14)25-18)15-5-6-17-19(26-21(22)28-17)20(15)27-9-7-23-8-10-27/h2-6,11-12,23H,1,7-10H2,(H2,22,26). The van der Waals surface area contributed by atoms with Crippen molar-refractivity contribution < 1.29 is 0 Å². The number of hydrogen-bond donors (Lipinski definition) is 2. The zero-order valence-corrected chi connectivity index (χ0v) is 16.2. The first-order valence-electron chi connectivity index (χ1n) is 9.27. The Labute approximate surface area is 166 Å². The molecule has 0 radical (unpaired) electrons. The minimum Gasteiger partial charge on any atom is -0.375 e. The lowest BCUT2D eigenvalue weighted by molar-refractivity contribution is 0.590. The number of benzene rings is 2. The lowest BCUT2D eigenvalue weighted by Crippen LogP contribution is -2.43. The zero-order chi connectivity index (χ0) is 19.1. The number of hydrogen-bond acceptors (Lipinski definition) is 7. The molecule has 7 heteroatoms. The van der Waals surface area contributed by atoms with Gasteiger partial charge in [-0.15, -0.1) is 0 Å². The van der Waals surface area contributed by atoms with Crippen molar-refractivity contribution in [2.24, 2.45) is 0 Å². The fourth-order valence-corrected chi connectivity index (χ4v) is 4.48. The molecule has 2 aromatic carbocycles. The molecule has 28 heavy (non-hydrogen) atoms. The second-order valence-electron chi connectivity index (χ2n) is 6.80. The number of anilines is 2. The number of rotatable bonds is 3. The molecule has 1 fully saturated rings. The number of nitrogens with two attached hydrogens (primary N) is 1. The van der Waals surface area contributed by atoms with Gasteiger partial charge in [0.1, 0.15) is 5.52 Å². The number of nitrogens with one attached hydrogen (secondary N) is 1. The maximum Gasteiger partial charge on any atom is 0.181 e. The SMILES string of the molecule is C=Cc1ncc2ccc(-c3ccc4sc(N)nc4c3N3CCNCC3)cc2n1. The van der Waals surface area contributed by atoms with E-state index in [1.54, 1.807) is 6.08 Å². The molecule has 1 aliphatic rings. The first-order chi connectivity index (χ1) is 13.7. The zero-order valence-electron chi connectivity index (χ0n) is 15.4. The second kappa shape index (κ2) is 6.85. The van der Waals surface area contributed by atoms with E-state index in [-0.39, 0.29) is 0 Å². The van der Waals surface area contributed by atoms with Crippen LogP contribution in [-0.4, -0.2) is 41.1 Å². The van der Waals surface area contributed by atoms with Gasteiger partial charge in [0, 0.05) is 43.3 Å². The van der Waals surface area contributed by atoms with Gasteiger partial charge in [-0.2, -0.15) is 0 Å². The Morgan fingerprint density at radius 2 is 2.00 bits per heavy atom. The lowest BCUT2D eigenvalue weighted by Gasteiger charge is -2.31. The molecule has 3 N–H and O–H groups in total. The summed E-state index contributed by atoms with van der Waals surface area (Å²) in [5.41, 5.74) is 11.3. The largest absolute Gasteiger partial charge is 0.375 e. The Morgan fingerprint density at radius 3 is 2.82 bits per heavy atom. The van der Waals surface area contributed by atoms with Crippen LogP contribution in [0.2, 0.25) is 0 Å². The van der Waals surface area contributed by atoms with E-state index >= 15 is 0 Å². The summed E-state index contributed by atoms with van der Waals surface area (Å²) in [5, 5.41) is 5.04. The molecule has 1 aliphatic heterocycles. The van der Waals surface area contributed by atoms with Gasteiger partial charge in [0.05, 0.1) is 15.9 Å². The van der Waals surface area contributed by atoms with Gasteiger partial charge in [-0.05, 0) is 23.8 Å². The monoisotopic (exact) mass is 388 g/mol. The number of fused-ring (bicyclic) bond motifs is 2. The van der Waals surface area contributed by atoms with Crippen molar-refractivity contribution in [2.75, 3.05) is 36.8 Å². The highest BCUT2D eigenvalue weighted by Gasteiger charge is 2.21. The third kappa shape index (κ3) is 2.89. The van der Waals surface area contributed by atoms with E-state index in [0.717, 1.165) is 64.1 Å². The summed E-state index contributed by atoms with van der Waals surface area (Å²) < 4.78 is 1.12. The van der Waals surface area contributed by atoms with Gasteiger partial charge in [0.25, 0.3) is 0 Å². The third-order valence-electron chi connectivity index (χ3n) is 5.08. The predicted octanol–water partition coefficient (Wildman–Crippen LogP) is 3.54. The predicted molar refractivity (Wildman–Crippen MR) is 118 cm³/mol. The van der Waals surface area contributed by atoms with E-state index < -0.39 is 0 Å². The van der Waals surface area contributed by atoms with Crippen LogP contribution in [0, 0.1) is 0 Å². The van der Waals surface area contributed by atoms with Gasteiger partial charge in [0.15, 0.2) is 11.0 Å². The van der Waals surface area contributed by atoms with E-state index in [1.807, 2.05) is 6.20 Å². The molecule has 4 aromatic rings. The Kier molecular flexibility index (Phi) is 4.18. The normalized spacial score (nSPS) is 14.6. The second-order valence-corrected chi connectivity index (χ2v) is 7.87.